The highest BCUT2D eigenvalue weighted by Crippen LogP contribution is 2.33. The molecule has 1 heterocycles. The maximum atomic E-state index is 13.5. The second-order valence-electron chi connectivity index (χ2n) is 9.32. The van der Waals surface area contributed by atoms with Crippen LogP contribution in [0.5, 0.6) is 0 Å². The minimum Gasteiger partial charge on any atom is -0.465 e. The molecule has 1 aliphatic rings. The first kappa shape index (κ1) is 23.8. The number of amides is 1. The molecule has 0 bridgehead atoms. The van der Waals surface area contributed by atoms with Crippen molar-refractivity contribution in [3.63, 3.8) is 0 Å². The molecule has 30 heavy (non-hydrogen) atoms. The van der Waals surface area contributed by atoms with Gasteiger partial charge in [-0.25, -0.2) is 4.79 Å². The molecule has 166 valence electrons. The van der Waals surface area contributed by atoms with Gasteiger partial charge in [0.25, 0.3) is 11.6 Å². The summed E-state index contributed by atoms with van der Waals surface area (Å²) in [7, 11) is 1.20. The van der Waals surface area contributed by atoms with Crippen LogP contribution in [-0.4, -0.2) is 52.5 Å². The monoisotopic (exact) mass is 419 g/mol. The zero-order valence-electron chi connectivity index (χ0n) is 18.8. The number of carbonyl (C=O) groups excluding carboxylic acids is 2. The molecule has 0 aromatic heterocycles. The molecule has 0 unspecified atom stereocenters. The van der Waals surface area contributed by atoms with Gasteiger partial charge in [0.15, 0.2) is 0 Å². The Hall–Kier alpha value is -2.48. The maximum absolute atomic E-state index is 13.5. The van der Waals surface area contributed by atoms with Crippen LogP contribution in [0.1, 0.15) is 81.0 Å². The highest BCUT2D eigenvalue weighted by Gasteiger charge is 2.41. The SMILES string of the molecule is CCCCN(C(=O)c1cc(C(=O)OC)cc([N+](=O)[O-])c1)C1CC(C)(C)NC(C)(C)C1. The molecule has 1 aliphatic heterocycles. The summed E-state index contributed by atoms with van der Waals surface area (Å²) in [5.74, 6) is -1.01. The topological polar surface area (TPSA) is 102 Å². The molecule has 1 amide bonds. The minimum atomic E-state index is -0.711. The number of benzene rings is 1. The number of nitro benzene ring substituents is 1. The Morgan fingerprint density at radius 3 is 2.23 bits per heavy atom. The van der Waals surface area contributed by atoms with Gasteiger partial charge in [-0.1, -0.05) is 13.3 Å². The summed E-state index contributed by atoms with van der Waals surface area (Å²) in [4.78, 5) is 38.1. The van der Waals surface area contributed by atoms with Crippen molar-refractivity contribution < 1.29 is 19.2 Å². The van der Waals surface area contributed by atoms with Crippen LogP contribution in [0.25, 0.3) is 0 Å². The molecule has 8 nitrogen and oxygen atoms in total. The lowest BCUT2D eigenvalue weighted by Gasteiger charge is -2.49. The van der Waals surface area contributed by atoms with Gasteiger partial charge in [-0.3, -0.25) is 14.9 Å². The molecular formula is C22H33N3O5. The number of carbonyl (C=O) groups is 2. The van der Waals surface area contributed by atoms with E-state index in [0.717, 1.165) is 31.7 Å². The number of rotatable bonds is 7. The fourth-order valence-corrected chi connectivity index (χ4v) is 4.51. The molecule has 0 saturated carbocycles. The largest absolute Gasteiger partial charge is 0.465 e. The van der Waals surface area contributed by atoms with Gasteiger partial charge in [0.2, 0.25) is 0 Å². The standard InChI is InChI=1S/C22H33N3O5/c1-7-8-9-24(18-13-21(2,3)23-22(4,5)14-18)19(26)15-10-16(20(27)30-6)12-17(11-15)25(28)29/h10-12,18,23H,7-9,13-14H2,1-6H3. The predicted molar refractivity (Wildman–Crippen MR) is 115 cm³/mol. The summed E-state index contributed by atoms with van der Waals surface area (Å²) in [6.07, 6.45) is 3.29. The van der Waals surface area contributed by atoms with Gasteiger partial charge < -0.3 is 15.0 Å². The van der Waals surface area contributed by atoms with Crippen LogP contribution in [0.4, 0.5) is 5.69 Å². The minimum absolute atomic E-state index is 0.00328. The highest BCUT2D eigenvalue weighted by molar-refractivity contribution is 5.99. The molecule has 8 heteroatoms. The Kier molecular flexibility index (Phi) is 7.23. The van der Waals surface area contributed by atoms with Crippen molar-refractivity contribution in [3.8, 4) is 0 Å². The Morgan fingerprint density at radius 1 is 1.17 bits per heavy atom. The summed E-state index contributed by atoms with van der Waals surface area (Å²) >= 11 is 0. The van der Waals surface area contributed by atoms with E-state index in [1.165, 1.54) is 19.2 Å². The zero-order valence-corrected chi connectivity index (χ0v) is 18.8. The lowest BCUT2D eigenvalue weighted by Crippen LogP contribution is -2.62. The van der Waals surface area contributed by atoms with E-state index in [2.05, 4.69) is 39.9 Å². The van der Waals surface area contributed by atoms with E-state index < -0.39 is 10.9 Å². The van der Waals surface area contributed by atoms with Crippen LogP contribution in [0.15, 0.2) is 18.2 Å². The van der Waals surface area contributed by atoms with Crippen LogP contribution >= 0.6 is 0 Å². The maximum Gasteiger partial charge on any atom is 0.338 e. The second-order valence-corrected chi connectivity index (χ2v) is 9.32. The predicted octanol–water partition coefficient (Wildman–Crippen LogP) is 3.93. The number of unbranched alkanes of at least 4 members (excludes halogenated alkanes) is 1. The van der Waals surface area contributed by atoms with Crippen LogP contribution in [0, 0.1) is 10.1 Å². The number of esters is 1. The lowest BCUT2D eigenvalue weighted by atomic mass is 9.78. The summed E-state index contributed by atoms with van der Waals surface area (Å²) < 4.78 is 4.71. The van der Waals surface area contributed by atoms with Gasteiger partial charge >= 0.3 is 5.97 Å². The van der Waals surface area contributed by atoms with Crippen molar-refractivity contribution in [3.05, 3.63) is 39.4 Å². The van der Waals surface area contributed by atoms with Gasteiger partial charge in [-0.2, -0.15) is 0 Å². The molecule has 0 atom stereocenters. The fraction of sp³-hybridized carbons (Fsp3) is 0.636. The van der Waals surface area contributed by atoms with Crippen LogP contribution in [-0.2, 0) is 4.74 Å². The third kappa shape index (κ3) is 5.78. The zero-order chi connectivity index (χ0) is 22.7. The molecule has 0 spiro atoms. The summed E-state index contributed by atoms with van der Waals surface area (Å²) in [6, 6.07) is 3.74. The van der Waals surface area contributed by atoms with Crippen LogP contribution in [0.2, 0.25) is 0 Å². The molecule has 1 aromatic carbocycles. The Labute approximate surface area is 178 Å². The molecule has 1 aromatic rings. The first-order valence-corrected chi connectivity index (χ1v) is 10.4. The molecule has 1 fully saturated rings. The number of methoxy groups -OCH3 is 1. The smallest absolute Gasteiger partial charge is 0.338 e. The molecule has 0 aliphatic carbocycles. The van der Waals surface area contributed by atoms with Crippen molar-refractivity contribution in [2.75, 3.05) is 13.7 Å². The lowest BCUT2D eigenvalue weighted by molar-refractivity contribution is -0.384. The van der Waals surface area contributed by atoms with Gasteiger partial charge in [0, 0.05) is 41.4 Å². The number of hydrogen-bond donors (Lipinski definition) is 1. The molecule has 0 radical (unpaired) electrons. The van der Waals surface area contributed by atoms with Gasteiger partial charge in [0.1, 0.15) is 0 Å². The van der Waals surface area contributed by atoms with E-state index in [1.807, 2.05) is 4.90 Å². The van der Waals surface area contributed by atoms with E-state index in [4.69, 9.17) is 4.74 Å². The van der Waals surface area contributed by atoms with Gasteiger partial charge in [-0.15, -0.1) is 0 Å². The molecule has 2 rings (SSSR count). The Bertz CT molecular complexity index is 803. The normalized spacial score (nSPS) is 17.9. The average molecular weight is 420 g/mol. The number of nitro groups is 1. The van der Waals surface area contributed by atoms with Crippen molar-refractivity contribution >= 4 is 17.6 Å². The molecule has 1 N–H and O–H groups in total. The Morgan fingerprint density at radius 2 is 1.73 bits per heavy atom. The second kappa shape index (κ2) is 9.12. The summed E-state index contributed by atoms with van der Waals surface area (Å²) in [6.45, 7) is 11.1. The molecular weight excluding hydrogens is 386 g/mol. The third-order valence-corrected chi connectivity index (χ3v) is 5.42. The number of hydrogen-bond acceptors (Lipinski definition) is 6. The van der Waals surface area contributed by atoms with E-state index in [0.29, 0.717) is 6.54 Å². The number of nitrogens with one attached hydrogen (secondary N) is 1. The number of nitrogens with zero attached hydrogens (tertiary/aromatic N) is 2. The van der Waals surface area contributed by atoms with Crippen LogP contribution in [0.3, 0.4) is 0 Å². The third-order valence-electron chi connectivity index (χ3n) is 5.42. The summed E-state index contributed by atoms with van der Waals surface area (Å²) in [5.41, 5.74) is -0.484. The average Bonchev–Trinajstić information content (AvgIpc) is 2.64. The van der Waals surface area contributed by atoms with Crippen molar-refractivity contribution in [2.24, 2.45) is 0 Å². The van der Waals surface area contributed by atoms with E-state index >= 15 is 0 Å². The van der Waals surface area contributed by atoms with Crippen molar-refractivity contribution in [1.29, 1.82) is 0 Å². The highest BCUT2D eigenvalue weighted by atomic mass is 16.6. The number of piperidine rings is 1. The van der Waals surface area contributed by atoms with Crippen molar-refractivity contribution in [2.45, 2.75) is 77.4 Å². The first-order chi connectivity index (χ1) is 13.9. The number of ether oxygens (including phenoxy) is 1. The molecule has 1 saturated heterocycles. The number of non-ortho nitro benzene ring substituents is 1. The van der Waals surface area contributed by atoms with Crippen LogP contribution < -0.4 is 5.32 Å². The van der Waals surface area contributed by atoms with Gasteiger partial charge in [-0.05, 0) is 53.0 Å². The van der Waals surface area contributed by atoms with Gasteiger partial charge in [0.05, 0.1) is 17.6 Å². The fourth-order valence-electron chi connectivity index (χ4n) is 4.51. The van der Waals surface area contributed by atoms with E-state index in [9.17, 15) is 19.7 Å². The van der Waals surface area contributed by atoms with E-state index in [-0.39, 0.29) is 39.8 Å². The van der Waals surface area contributed by atoms with E-state index in [1.54, 1.807) is 0 Å². The summed E-state index contributed by atoms with van der Waals surface area (Å²) in [5, 5.41) is 15.0. The van der Waals surface area contributed by atoms with Crippen molar-refractivity contribution in [1.82, 2.24) is 10.2 Å². The first-order valence-electron chi connectivity index (χ1n) is 10.4. The Balaban J connectivity index is 2.47. The quantitative estimate of drug-likeness (QED) is 0.408.